The van der Waals surface area contributed by atoms with Crippen LogP contribution in [-0.2, 0) is 9.53 Å². The highest BCUT2D eigenvalue weighted by atomic mass is 32.2. The van der Waals surface area contributed by atoms with E-state index >= 15 is 0 Å². The molecule has 0 aliphatic rings. The second-order valence-electron chi connectivity index (χ2n) is 5.95. The summed E-state index contributed by atoms with van der Waals surface area (Å²) in [5, 5.41) is 11.2. The molecule has 0 unspecified atom stereocenters. The van der Waals surface area contributed by atoms with E-state index in [0.717, 1.165) is 11.1 Å². The number of amides is 1. The molecule has 1 amide bonds. The first-order valence-corrected chi connectivity index (χ1v) is 9.55. The Morgan fingerprint density at radius 2 is 1.79 bits per heavy atom. The number of nitrogens with one attached hydrogen (secondary N) is 1. The van der Waals surface area contributed by atoms with Gasteiger partial charge in [0.2, 0.25) is 11.8 Å². The maximum atomic E-state index is 12.1. The van der Waals surface area contributed by atoms with Crippen molar-refractivity contribution >= 4 is 29.3 Å². The summed E-state index contributed by atoms with van der Waals surface area (Å²) in [5.41, 5.74) is 3.06. The summed E-state index contributed by atoms with van der Waals surface area (Å²) < 4.78 is 10.3. The van der Waals surface area contributed by atoms with E-state index in [9.17, 15) is 9.59 Å². The van der Waals surface area contributed by atoms with Crippen LogP contribution in [-0.4, -0.2) is 34.9 Å². The van der Waals surface area contributed by atoms with Gasteiger partial charge in [-0.1, -0.05) is 29.5 Å². The van der Waals surface area contributed by atoms with Crippen LogP contribution in [0.2, 0.25) is 0 Å². The Bertz CT molecular complexity index is 952. The van der Waals surface area contributed by atoms with E-state index in [2.05, 4.69) is 20.3 Å². The molecule has 0 fully saturated rings. The summed E-state index contributed by atoms with van der Waals surface area (Å²) in [6.07, 6.45) is 0.283. The highest BCUT2D eigenvalue weighted by Gasteiger charge is 2.11. The van der Waals surface area contributed by atoms with Gasteiger partial charge < -0.3 is 14.5 Å². The topological polar surface area (TPSA) is 94.3 Å². The zero-order chi connectivity index (χ0) is 19.9. The van der Waals surface area contributed by atoms with Gasteiger partial charge >= 0.3 is 5.97 Å². The van der Waals surface area contributed by atoms with Crippen LogP contribution >= 0.6 is 11.8 Å². The van der Waals surface area contributed by atoms with Crippen molar-refractivity contribution in [3.05, 3.63) is 59.7 Å². The van der Waals surface area contributed by atoms with Crippen LogP contribution in [0.25, 0.3) is 11.5 Å². The number of hydrogen-bond acceptors (Lipinski definition) is 7. The van der Waals surface area contributed by atoms with Gasteiger partial charge in [0, 0.05) is 23.4 Å². The lowest BCUT2D eigenvalue weighted by Crippen LogP contribution is -2.12. The number of esters is 1. The Morgan fingerprint density at radius 1 is 1.07 bits per heavy atom. The van der Waals surface area contributed by atoms with E-state index in [-0.39, 0.29) is 12.3 Å². The van der Waals surface area contributed by atoms with Crippen molar-refractivity contribution in [3.63, 3.8) is 0 Å². The molecule has 1 N–H and O–H groups in total. The first-order valence-electron chi connectivity index (χ1n) is 8.57. The molecule has 0 spiro atoms. The Labute approximate surface area is 166 Å². The maximum absolute atomic E-state index is 12.1. The lowest BCUT2D eigenvalue weighted by Gasteiger charge is -2.05. The third kappa shape index (κ3) is 5.20. The lowest BCUT2D eigenvalue weighted by atomic mass is 10.1. The van der Waals surface area contributed by atoms with E-state index < -0.39 is 5.97 Å². The first kappa shape index (κ1) is 19.6. The number of thioether (sulfide) groups is 1. The fraction of sp³-hybridized carbons (Fsp3) is 0.200. The molecule has 3 aromatic rings. The van der Waals surface area contributed by atoms with Crippen LogP contribution in [0.1, 0.15) is 22.3 Å². The van der Waals surface area contributed by atoms with E-state index in [1.165, 1.54) is 18.9 Å². The number of rotatable bonds is 7. The van der Waals surface area contributed by atoms with Crippen LogP contribution in [0.4, 0.5) is 5.69 Å². The highest BCUT2D eigenvalue weighted by molar-refractivity contribution is 7.99. The van der Waals surface area contributed by atoms with Crippen molar-refractivity contribution in [1.82, 2.24) is 10.2 Å². The van der Waals surface area contributed by atoms with E-state index in [4.69, 9.17) is 4.42 Å². The minimum Gasteiger partial charge on any atom is -0.465 e. The second-order valence-corrected chi connectivity index (χ2v) is 7.00. The van der Waals surface area contributed by atoms with Gasteiger partial charge in [-0.15, -0.1) is 10.2 Å². The van der Waals surface area contributed by atoms with Gasteiger partial charge in [-0.3, -0.25) is 4.79 Å². The molecule has 0 radical (unpaired) electrons. The van der Waals surface area contributed by atoms with Crippen LogP contribution in [0.15, 0.2) is 58.2 Å². The fourth-order valence-electron chi connectivity index (χ4n) is 2.34. The molecular formula is C20H19N3O4S. The molecule has 1 aromatic heterocycles. The molecule has 2 aromatic carbocycles. The molecule has 0 saturated carbocycles. The van der Waals surface area contributed by atoms with Gasteiger partial charge in [0.15, 0.2) is 0 Å². The van der Waals surface area contributed by atoms with Crippen LogP contribution in [0.3, 0.4) is 0 Å². The van der Waals surface area contributed by atoms with Gasteiger partial charge in [0.25, 0.3) is 5.22 Å². The predicted octanol–water partition coefficient (Wildman–Crippen LogP) is 3.95. The number of hydrogen-bond donors (Lipinski definition) is 1. The molecular weight excluding hydrogens is 378 g/mol. The first-order chi connectivity index (χ1) is 13.5. The second kappa shape index (κ2) is 9.18. The van der Waals surface area contributed by atoms with Gasteiger partial charge in [0.1, 0.15) is 0 Å². The summed E-state index contributed by atoms with van der Waals surface area (Å²) in [6, 6.07) is 14.3. The molecule has 144 valence electrons. The molecule has 3 rings (SSSR count). The molecule has 28 heavy (non-hydrogen) atoms. The zero-order valence-corrected chi connectivity index (χ0v) is 16.3. The Hall–Kier alpha value is -3.13. The summed E-state index contributed by atoms with van der Waals surface area (Å²) in [7, 11) is 1.32. The Morgan fingerprint density at radius 3 is 2.46 bits per heavy atom. The molecule has 0 aliphatic heterocycles. The lowest BCUT2D eigenvalue weighted by molar-refractivity contribution is -0.115. The number of methoxy groups -OCH3 is 1. The van der Waals surface area contributed by atoms with E-state index in [0.29, 0.717) is 28.1 Å². The summed E-state index contributed by atoms with van der Waals surface area (Å²) in [4.78, 5) is 23.5. The number of carbonyl (C=O) groups excluding carboxylic acids is 2. The number of anilines is 1. The SMILES string of the molecule is COC(=O)c1ccc(NC(=O)CCSc2nnc(-c3ccc(C)cc3)o2)cc1. The smallest absolute Gasteiger partial charge is 0.337 e. The zero-order valence-electron chi connectivity index (χ0n) is 15.5. The summed E-state index contributed by atoms with van der Waals surface area (Å²) >= 11 is 1.33. The summed E-state index contributed by atoms with van der Waals surface area (Å²) in [5.74, 6) is 0.398. The molecule has 0 atom stereocenters. The summed E-state index contributed by atoms with van der Waals surface area (Å²) in [6.45, 7) is 2.01. The monoisotopic (exact) mass is 397 g/mol. The van der Waals surface area contributed by atoms with Crippen molar-refractivity contribution in [1.29, 1.82) is 0 Å². The van der Waals surface area contributed by atoms with Crippen LogP contribution in [0.5, 0.6) is 0 Å². The van der Waals surface area contributed by atoms with E-state index in [1.807, 2.05) is 31.2 Å². The van der Waals surface area contributed by atoms with Crippen molar-refractivity contribution < 1.29 is 18.7 Å². The standard InChI is InChI=1S/C20H19N3O4S/c1-13-3-5-14(6-4-13)18-22-23-20(27-18)28-12-11-17(24)21-16-9-7-15(8-10-16)19(25)26-2/h3-10H,11-12H2,1-2H3,(H,21,24). The largest absolute Gasteiger partial charge is 0.465 e. The van der Waals surface area contributed by atoms with Gasteiger partial charge in [-0.2, -0.15) is 0 Å². The minimum absolute atomic E-state index is 0.142. The van der Waals surface area contributed by atoms with E-state index in [1.54, 1.807) is 24.3 Å². The number of aryl methyl sites for hydroxylation is 1. The maximum Gasteiger partial charge on any atom is 0.337 e. The number of aromatic nitrogens is 2. The minimum atomic E-state index is -0.418. The average Bonchev–Trinajstić information content (AvgIpc) is 3.17. The molecule has 7 nitrogen and oxygen atoms in total. The average molecular weight is 397 g/mol. The number of ether oxygens (including phenoxy) is 1. The molecule has 1 heterocycles. The highest BCUT2D eigenvalue weighted by Crippen LogP contribution is 2.24. The molecule has 0 saturated heterocycles. The molecule has 8 heteroatoms. The quantitative estimate of drug-likeness (QED) is 0.476. The van der Waals surface area contributed by atoms with Crippen LogP contribution in [0, 0.1) is 6.92 Å². The predicted molar refractivity (Wildman–Crippen MR) is 106 cm³/mol. The number of nitrogens with zero attached hydrogens (tertiary/aromatic N) is 2. The van der Waals surface area contributed by atoms with Gasteiger partial charge in [-0.25, -0.2) is 4.79 Å². The Balaban J connectivity index is 1.46. The number of benzene rings is 2. The van der Waals surface area contributed by atoms with Crippen molar-refractivity contribution in [2.45, 2.75) is 18.6 Å². The third-order valence-electron chi connectivity index (χ3n) is 3.85. The van der Waals surface area contributed by atoms with Crippen molar-refractivity contribution in [3.8, 4) is 11.5 Å². The Kier molecular flexibility index (Phi) is 6.44. The van der Waals surface area contributed by atoms with Crippen molar-refractivity contribution in [2.24, 2.45) is 0 Å². The normalized spacial score (nSPS) is 10.5. The molecule has 0 aliphatic carbocycles. The van der Waals surface area contributed by atoms with Crippen molar-refractivity contribution in [2.75, 3.05) is 18.2 Å². The van der Waals surface area contributed by atoms with Crippen LogP contribution < -0.4 is 5.32 Å². The fourth-order valence-corrected chi connectivity index (χ4v) is 3.04. The third-order valence-corrected chi connectivity index (χ3v) is 4.67. The molecule has 0 bridgehead atoms. The van der Waals surface area contributed by atoms with Gasteiger partial charge in [0.05, 0.1) is 12.7 Å². The van der Waals surface area contributed by atoms with Gasteiger partial charge in [-0.05, 0) is 43.3 Å². The number of carbonyl (C=O) groups is 2.